The van der Waals surface area contributed by atoms with Crippen molar-refractivity contribution in [1.82, 2.24) is 4.90 Å². The van der Waals surface area contributed by atoms with Gasteiger partial charge < -0.3 is 10.0 Å². The molecule has 1 atom stereocenters. The average molecular weight is 251 g/mol. The van der Waals surface area contributed by atoms with E-state index in [0.717, 1.165) is 12.8 Å². The molecule has 0 bridgehead atoms. The summed E-state index contributed by atoms with van der Waals surface area (Å²) in [6.45, 7) is 0.331. The molecule has 18 heavy (non-hydrogen) atoms. The lowest BCUT2D eigenvalue weighted by Gasteiger charge is -2.20. The number of carbonyl (C=O) groups excluding carboxylic acids is 1. The van der Waals surface area contributed by atoms with Crippen molar-refractivity contribution in [3.8, 4) is 0 Å². The number of hydrogen-bond donors (Lipinski definition) is 1. The van der Waals surface area contributed by atoms with Crippen molar-refractivity contribution in [2.24, 2.45) is 5.92 Å². The zero-order valence-corrected chi connectivity index (χ0v) is 10.5. The van der Waals surface area contributed by atoms with Gasteiger partial charge in [-0.1, -0.05) is 18.2 Å². The van der Waals surface area contributed by atoms with Crippen LogP contribution in [0.3, 0.4) is 0 Å². The van der Waals surface area contributed by atoms with Gasteiger partial charge in [-0.05, 0) is 30.4 Å². The van der Waals surface area contributed by atoms with Crippen molar-refractivity contribution in [3.05, 3.63) is 35.6 Å². The van der Waals surface area contributed by atoms with Crippen LogP contribution >= 0.6 is 0 Å². The summed E-state index contributed by atoms with van der Waals surface area (Å²) in [7, 11) is 1.65. The Hall–Kier alpha value is -1.42. The minimum atomic E-state index is -0.445. The minimum Gasteiger partial charge on any atom is -0.391 e. The quantitative estimate of drug-likeness (QED) is 0.863. The molecule has 0 heterocycles. The van der Waals surface area contributed by atoms with Crippen molar-refractivity contribution in [2.75, 3.05) is 13.6 Å². The topological polar surface area (TPSA) is 40.5 Å². The van der Waals surface area contributed by atoms with Crippen molar-refractivity contribution in [3.63, 3.8) is 0 Å². The minimum absolute atomic E-state index is 0.0422. The summed E-state index contributed by atoms with van der Waals surface area (Å²) in [5, 5.41) is 9.76. The maximum absolute atomic E-state index is 13.4. The molecule has 0 aromatic heterocycles. The number of hydrogen-bond acceptors (Lipinski definition) is 2. The predicted octanol–water partition coefficient (Wildman–Crippen LogP) is 1.60. The van der Waals surface area contributed by atoms with Gasteiger partial charge in [0, 0.05) is 13.6 Å². The van der Waals surface area contributed by atoms with Crippen LogP contribution in [0.5, 0.6) is 0 Å². The van der Waals surface area contributed by atoms with Gasteiger partial charge in [0.05, 0.1) is 12.5 Å². The first-order valence-electron chi connectivity index (χ1n) is 6.23. The summed E-state index contributed by atoms with van der Waals surface area (Å²) in [4.78, 5) is 13.4. The molecule has 0 radical (unpaired) electrons. The zero-order chi connectivity index (χ0) is 13.1. The van der Waals surface area contributed by atoms with E-state index in [4.69, 9.17) is 0 Å². The fourth-order valence-corrected chi connectivity index (χ4v) is 1.95. The summed E-state index contributed by atoms with van der Waals surface area (Å²) < 4.78 is 13.4. The number of aliphatic hydroxyl groups is 1. The summed E-state index contributed by atoms with van der Waals surface area (Å²) in [6.07, 6.45) is 1.67. The standard InChI is InChI=1S/C14H18FNO2/c1-16(9-13(17)10-6-7-10)14(18)8-11-4-2-3-5-12(11)15/h2-5,10,13,17H,6-9H2,1H3. The molecular formula is C14H18FNO2. The van der Waals surface area contributed by atoms with Gasteiger partial charge in [0.1, 0.15) is 5.82 Å². The van der Waals surface area contributed by atoms with Gasteiger partial charge in [-0.15, -0.1) is 0 Å². The van der Waals surface area contributed by atoms with Crippen LogP contribution in [0.1, 0.15) is 18.4 Å². The van der Waals surface area contributed by atoms with Crippen molar-refractivity contribution < 1.29 is 14.3 Å². The molecule has 1 aromatic carbocycles. The van der Waals surface area contributed by atoms with E-state index in [2.05, 4.69) is 0 Å². The first-order chi connectivity index (χ1) is 8.58. The second kappa shape index (κ2) is 5.48. The van der Waals surface area contributed by atoms with Crippen molar-refractivity contribution >= 4 is 5.91 Å². The fourth-order valence-electron chi connectivity index (χ4n) is 1.95. The van der Waals surface area contributed by atoms with E-state index in [9.17, 15) is 14.3 Å². The Morgan fingerprint density at radius 1 is 1.50 bits per heavy atom. The largest absolute Gasteiger partial charge is 0.391 e. The van der Waals surface area contributed by atoms with Crippen LogP contribution in [0.15, 0.2) is 24.3 Å². The van der Waals surface area contributed by atoms with Crippen LogP contribution in [0, 0.1) is 11.7 Å². The highest BCUT2D eigenvalue weighted by atomic mass is 19.1. The van der Waals surface area contributed by atoms with Gasteiger partial charge in [0.25, 0.3) is 0 Å². The lowest BCUT2D eigenvalue weighted by Crippen LogP contribution is -2.36. The lowest BCUT2D eigenvalue weighted by molar-refractivity contribution is -0.130. The molecule has 1 fully saturated rings. The van der Waals surface area contributed by atoms with E-state index in [0.29, 0.717) is 18.0 Å². The monoisotopic (exact) mass is 251 g/mol. The average Bonchev–Trinajstić information content (AvgIpc) is 3.15. The van der Waals surface area contributed by atoms with Crippen molar-refractivity contribution in [1.29, 1.82) is 0 Å². The van der Waals surface area contributed by atoms with Gasteiger partial charge in [-0.3, -0.25) is 4.79 Å². The van der Waals surface area contributed by atoms with Gasteiger partial charge in [0.15, 0.2) is 0 Å². The molecule has 0 saturated heterocycles. The summed E-state index contributed by atoms with van der Waals surface area (Å²) in [6, 6.07) is 6.27. The molecular weight excluding hydrogens is 233 g/mol. The highest BCUT2D eigenvalue weighted by Gasteiger charge is 2.31. The molecule has 4 heteroatoms. The van der Waals surface area contributed by atoms with Gasteiger partial charge >= 0.3 is 0 Å². The van der Waals surface area contributed by atoms with E-state index in [1.165, 1.54) is 11.0 Å². The van der Waals surface area contributed by atoms with Crippen LogP contribution in [0.2, 0.25) is 0 Å². The number of rotatable bonds is 5. The molecule has 1 saturated carbocycles. The number of carbonyl (C=O) groups is 1. The lowest BCUT2D eigenvalue weighted by atomic mass is 10.1. The number of halogens is 1. The van der Waals surface area contributed by atoms with Gasteiger partial charge in [0.2, 0.25) is 5.91 Å². The molecule has 1 aliphatic carbocycles. The third-order valence-electron chi connectivity index (χ3n) is 3.35. The Morgan fingerprint density at radius 3 is 2.78 bits per heavy atom. The van der Waals surface area contributed by atoms with Crippen LogP contribution in [-0.2, 0) is 11.2 Å². The molecule has 98 valence electrons. The van der Waals surface area contributed by atoms with E-state index in [1.54, 1.807) is 25.2 Å². The highest BCUT2D eigenvalue weighted by Crippen LogP contribution is 2.32. The molecule has 0 spiro atoms. The first kappa shape index (κ1) is 13.0. The molecule has 1 aromatic rings. The maximum Gasteiger partial charge on any atom is 0.226 e. The summed E-state index contributed by atoms with van der Waals surface area (Å²) >= 11 is 0. The fraction of sp³-hybridized carbons (Fsp3) is 0.500. The van der Waals surface area contributed by atoms with E-state index in [1.807, 2.05) is 0 Å². The molecule has 1 N–H and O–H groups in total. The van der Waals surface area contributed by atoms with Crippen molar-refractivity contribution in [2.45, 2.75) is 25.4 Å². The van der Waals surface area contributed by atoms with Crippen LogP contribution in [0.25, 0.3) is 0 Å². The molecule has 1 aliphatic rings. The van der Waals surface area contributed by atoms with Crippen LogP contribution in [-0.4, -0.2) is 35.6 Å². The Balaban J connectivity index is 1.88. The summed E-state index contributed by atoms with van der Waals surface area (Å²) in [5.41, 5.74) is 0.398. The Kier molecular flexibility index (Phi) is 3.97. The van der Waals surface area contributed by atoms with Gasteiger partial charge in [-0.2, -0.15) is 0 Å². The van der Waals surface area contributed by atoms with Crippen LogP contribution in [0.4, 0.5) is 4.39 Å². The number of amides is 1. The zero-order valence-electron chi connectivity index (χ0n) is 10.5. The molecule has 3 nitrogen and oxygen atoms in total. The third-order valence-corrected chi connectivity index (χ3v) is 3.35. The SMILES string of the molecule is CN(CC(O)C1CC1)C(=O)Cc1ccccc1F. The van der Waals surface area contributed by atoms with E-state index >= 15 is 0 Å². The Bertz CT molecular complexity index is 432. The van der Waals surface area contributed by atoms with E-state index < -0.39 is 6.10 Å². The number of benzene rings is 1. The molecule has 1 amide bonds. The van der Waals surface area contributed by atoms with Crippen LogP contribution < -0.4 is 0 Å². The van der Waals surface area contributed by atoms with E-state index in [-0.39, 0.29) is 18.1 Å². The Morgan fingerprint density at radius 2 is 2.17 bits per heavy atom. The van der Waals surface area contributed by atoms with Gasteiger partial charge in [-0.25, -0.2) is 4.39 Å². The first-order valence-corrected chi connectivity index (χ1v) is 6.23. The second-order valence-electron chi connectivity index (χ2n) is 4.95. The summed E-state index contributed by atoms with van der Waals surface area (Å²) in [5.74, 6) is -0.185. The predicted molar refractivity (Wildman–Crippen MR) is 66.5 cm³/mol. The molecule has 1 unspecified atom stereocenters. The Labute approximate surface area is 106 Å². The molecule has 0 aliphatic heterocycles. The number of aliphatic hydroxyl groups excluding tert-OH is 1. The normalized spacial score (nSPS) is 16.4. The smallest absolute Gasteiger partial charge is 0.226 e. The number of nitrogens with zero attached hydrogens (tertiary/aromatic N) is 1. The highest BCUT2D eigenvalue weighted by molar-refractivity contribution is 5.78. The number of likely N-dealkylation sites (N-methyl/N-ethyl adjacent to an activating group) is 1. The second-order valence-corrected chi connectivity index (χ2v) is 4.95. The third kappa shape index (κ3) is 3.29. The maximum atomic E-state index is 13.4. The molecule has 2 rings (SSSR count).